The van der Waals surface area contributed by atoms with Gasteiger partial charge < -0.3 is 14.9 Å². The molecule has 1 heterocycles. The average Bonchev–Trinajstić information content (AvgIpc) is 3.12. The zero-order valence-electron chi connectivity index (χ0n) is 15.0. The van der Waals surface area contributed by atoms with E-state index in [2.05, 4.69) is 15.2 Å². The molecule has 29 heavy (non-hydrogen) atoms. The molecule has 0 spiro atoms. The van der Waals surface area contributed by atoms with E-state index in [9.17, 15) is 18.0 Å². The lowest BCUT2D eigenvalue weighted by Crippen LogP contribution is -2.42. The minimum atomic E-state index is -4.75. The minimum absolute atomic E-state index is 0.0654. The van der Waals surface area contributed by atoms with Gasteiger partial charge in [0.25, 0.3) is 5.60 Å². The van der Waals surface area contributed by atoms with Crippen molar-refractivity contribution in [1.82, 2.24) is 5.32 Å². The van der Waals surface area contributed by atoms with Gasteiger partial charge in [-0.2, -0.15) is 13.2 Å². The molecule has 1 unspecified atom stereocenters. The molecular weight excluding hydrogens is 432 g/mol. The molecule has 1 atom stereocenters. The second-order valence-corrected chi connectivity index (χ2v) is 7.20. The van der Waals surface area contributed by atoms with Crippen LogP contribution in [-0.4, -0.2) is 25.1 Å². The van der Waals surface area contributed by atoms with Crippen molar-refractivity contribution < 1.29 is 27.5 Å². The van der Waals surface area contributed by atoms with E-state index in [1.165, 1.54) is 25.3 Å². The molecule has 5 nitrogen and oxygen atoms in total. The van der Waals surface area contributed by atoms with Crippen molar-refractivity contribution in [2.24, 2.45) is 5.16 Å². The first-order chi connectivity index (χ1) is 13.6. The van der Waals surface area contributed by atoms with Gasteiger partial charge in [0.1, 0.15) is 0 Å². The second kappa shape index (κ2) is 8.12. The Hall–Kier alpha value is -2.45. The summed E-state index contributed by atoms with van der Waals surface area (Å²) in [5, 5.41) is 6.34. The number of alkyl carbamates (subject to hydrolysis) is 1. The lowest BCUT2D eigenvalue weighted by Gasteiger charge is -2.29. The standard InChI is InChI=1S/C19H15Cl2F3N2O3/c1-28-17(27)25-10-11-2-4-12(5-3-11)16-9-18(29-26-16,19(22,23)24)13-6-14(20)8-15(21)7-13/h2-8H,9-10H2,1H3,(H,25,27). The van der Waals surface area contributed by atoms with Gasteiger partial charge in [-0.05, 0) is 29.3 Å². The van der Waals surface area contributed by atoms with E-state index >= 15 is 0 Å². The highest BCUT2D eigenvalue weighted by atomic mass is 35.5. The van der Waals surface area contributed by atoms with Gasteiger partial charge in [-0.1, -0.05) is 52.6 Å². The number of nitrogens with one attached hydrogen (secondary N) is 1. The van der Waals surface area contributed by atoms with Crippen molar-refractivity contribution in [2.75, 3.05) is 7.11 Å². The van der Waals surface area contributed by atoms with Crippen LogP contribution in [-0.2, 0) is 21.7 Å². The highest BCUT2D eigenvalue weighted by Gasteiger charge is 2.62. The molecule has 1 amide bonds. The Morgan fingerprint density at radius 3 is 2.38 bits per heavy atom. The summed E-state index contributed by atoms with van der Waals surface area (Å²) in [5.74, 6) is 0. The van der Waals surface area contributed by atoms with E-state index in [0.717, 1.165) is 5.56 Å². The predicted octanol–water partition coefficient (Wildman–Crippen LogP) is 5.43. The van der Waals surface area contributed by atoms with E-state index in [0.29, 0.717) is 5.56 Å². The van der Waals surface area contributed by atoms with Gasteiger partial charge in [0, 0.05) is 28.6 Å². The molecule has 0 saturated carbocycles. The highest BCUT2D eigenvalue weighted by Crippen LogP contribution is 2.49. The SMILES string of the molecule is COC(=O)NCc1ccc(C2=NOC(c3cc(Cl)cc(Cl)c3)(C(F)(F)F)C2)cc1. The number of hydrogen-bond acceptors (Lipinski definition) is 4. The van der Waals surface area contributed by atoms with E-state index in [1.54, 1.807) is 24.3 Å². The maximum absolute atomic E-state index is 14.0. The molecule has 0 saturated heterocycles. The van der Waals surface area contributed by atoms with Gasteiger partial charge in [0.05, 0.1) is 12.8 Å². The number of hydrogen-bond donors (Lipinski definition) is 1. The fourth-order valence-electron chi connectivity index (χ4n) is 2.91. The molecule has 1 N–H and O–H groups in total. The first kappa shape index (κ1) is 21.3. The molecule has 1 aliphatic heterocycles. The Morgan fingerprint density at radius 1 is 1.21 bits per heavy atom. The second-order valence-electron chi connectivity index (χ2n) is 6.33. The van der Waals surface area contributed by atoms with Gasteiger partial charge in [-0.3, -0.25) is 0 Å². The van der Waals surface area contributed by atoms with Crippen LogP contribution in [0, 0.1) is 0 Å². The third-order valence-corrected chi connectivity index (χ3v) is 4.86. The number of oxime groups is 1. The molecule has 2 aromatic rings. The quantitative estimate of drug-likeness (QED) is 0.680. The van der Waals surface area contributed by atoms with Gasteiger partial charge in [0.2, 0.25) is 0 Å². The summed E-state index contributed by atoms with van der Waals surface area (Å²) >= 11 is 11.8. The van der Waals surface area contributed by atoms with E-state index in [4.69, 9.17) is 28.0 Å². The maximum Gasteiger partial charge on any atom is 0.435 e. The van der Waals surface area contributed by atoms with Crippen molar-refractivity contribution in [3.63, 3.8) is 0 Å². The molecular formula is C19H15Cl2F3N2O3. The molecule has 154 valence electrons. The number of rotatable bonds is 4. The summed E-state index contributed by atoms with van der Waals surface area (Å²) in [5.41, 5.74) is -1.57. The topological polar surface area (TPSA) is 59.9 Å². The van der Waals surface area contributed by atoms with Crippen LogP contribution >= 0.6 is 23.2 Å². The fourth-order valence-corrected chi connectivity index (χ4v) is 3.43. The van der Waals surface area contributed by atoms with Crippen molar-refractivity contribution in [3.8, 4) is 0 Å². The minimum Gasteiger partial charge on any atom is -0.453 e. The Kier molecular flexibility index (Phi) is 5.95. The van der Waals surface area contributed by atoms with Crippen LogP contribution < -0.4 is 5.32 Å². The Balaban J connectivity index is 1.84. The molecule has 0 radical (unpaired) electrons. The largest absolute Gasteiger partial charge is 0.453 e. The van der Waals surface area contributed by atoms with Gasteiger partial charge in [-0.15, -0.1) is 0 Å². The number of methoxy groups -OCH3 is 1. The molecule has 2 aromatic carbocycles. The van der Waals surface area contributed by atoms with Crippen molar-refractivity contribution in [2.45, 2.75) is 24.7 Å². The van der Waals surface area contributed by atoms with Gasteiger partial charge in [-0.25, -0.2) is 4.79 Å². The molecule has 3 rings (SSSR count). The van der Waals surface area contributed by atoms with Crippen LogP contribution in [0.15, 0.2) is 47.6 Å². The number of carbonyl (C=O) groups excluding carboxylic acids is 1. The summed E-state index contributed by atoms with van der Waals surface area (Å²) in [4.78, 5) is 16.1. The van der Waals surface area contributed by atoms with E-state index < -0.39 is 24.3 Å². The molecule has 0 fully saturated rings. The van der Waals surface area contributed by atoms with Gasteiger partial charge >= 0.3 is 12.3 Å². The lowest BCUT2D eigenvalue weighted by atomic mass is 9.86. The van der Waals surface area contributed by atoms with Crippen LogP contribution in [0.2, 0.25) is 10.0 Å². The number of halogens is 5. The number of alkyl halides is 3. The Labute approximate surface area is 174 Å². The van der Waals surface area contributed by atoms with Crippen molar-refractivity contribution >= 4 is 35.0 Å². The normalized spacial score (nSPS) is 18.8. The fraction of sp³-hybridized carbons (Fsp3) is 0.263. The first-order valence-corrected chi connectivity index (χ1v) is 9.10. The summed E-state index contributed by atoms with van der Waals surface area (Å²) in [6.45, 7) is 0.212. The first-order valence-electron chi connectivity index (χ1n) is 8.34. The lowest BCUT2D eigenvalue weighted by molar-refractivity contribution is -0.275. The number of amides is 1. The molecule has 0 bridgehead atoms. The number of benzene rings is 2. The summed E-state index contributed by atoms with van der Waals surface area (Å²) in [6.07, 6.45) is -5.87. The van der Waals surface area contributed by atoms with Crippen molar-refractivity contribution in [3.05, 3.63) is 69.2 Å². The molecule has 0 aliphatic carbocycles. The monoisotopic (exact) mass is 446 g/mol. The maximum atomic E-state index is 14.0. The van der Waals surface area contributed by atoms with E-state index in [1.807, 2.05) is 0 Å². The van der Waals surface area contributed by atoms with E-state index in [-0.39, 0.29) is 27.9 Å². The van der Waals surface area contributed by atoms with Crippen molar-refractivity contribution in [1.29, 1.82) is 0 Å². The van der Waals surface area contributed by atoms with Crippen LogP contribution in [0.1, 0.15) is 23.1 Å². The zero-order valence-corrected chi connectivity index (χ0v) is 16.5. The number of nitrogens with zero attached hydrogens (tertiary/aromatic N) is 1. The third kappa shape index (κ3) is 4.43. The summed E-state index contributed by atoms with van der Waals surface area (Å²) < 4.78 is 46.5. The molecule has 1 aliphatic rings. The predicted molar refractivity (Wildman–Crippen MR) is 102 cm³/mol. The van der Waals surface area contributed by atoms with Crippen LogP contribution in [0.25, 0.3) is 0 Å². The number of carbonyl (C=O) groups is 1. The van der Waals surface area contributed by atoms with Gasteiger partial charge in [0.15, 0.2) is 0 Å². The average molecular weight is 447 g/mol. The number of ether oxygens (including phenoxy) is 1. The van der Waals surface area contributed by atoms with Crippen LogP contribution in [0.5, 0.6) is 0 Å². The zero-order chi connectivity index (χ0) is 21.2. The Bertz CT molecular complexity index is 928. The summed E-state index contributed by atoms with van der Waals surface area (Å²) in [7, 11) is 1.25. The summed E-state index contributed by atoms with van der Waals surface area (Å²) in [6, 6.07) is 10.2. The van der Waals surface area contributed by atoms with Crippen LogP contribution in [0.3, 0.4) is 0 Å². The molecule has 10 heteroatoms. The highest BCUT2D eigenvalue weighted by molar-refractivity contribution is 6.34. The smallest absolute Gasteiger partial charge is 0.435 e. The third-order valence-electron chi connectivity index (χ3n) is 4.42. The Morgan fingerprint density at radius 2 is 1.83 bits per heavy atom. The molecule has 0 aromatic heterocycles. The van der Waals surface area contributed by atoms with Crippen LogP contribution in [0.4, 0.5) is 18.0 Å².